The molecule has 2 aliphatic heterocycles. The van der Waals surface area contributed by atoms with Gasteiger partial charge in [0.05, 0.1) is 6.54 Å². The van der Waals surface area contributed by atoms with Crippen LogP contribution in [0.4, 0.5) is 5.13 Å². The molecular weight excluding hydrogens is 262 g/mol. The largest absolute Gasteiger partial charge is 0.354 e. The number of piperazine rings is 1. The van der Waals surface area contributed by atoms with E-state index in [4.69, 9.17) is 0 Å². The molecule has 3 rings (SSSR count). The number of aromatic nitrogens is 2. The molecule has 1 N–H and O–H groups in total. The highest BCUT2D eigenvalue weighted by molar-refractivity contribution is 7.09. The van der Waals surface area contributed by atoms with E-state index < -0.39 is 0 Å². The van der Waals surface area contributed by atoms with Gasteiger partial charge in [-0.2, -0.15) is 4.37 Å². The molecule has 0 atom stereocenters. The molecule has 0 aliphatic carbocycles. The number of nitrogens with zero attached hydrogens (tertiary/aromatic N) is 4. The Hall–Kier alpha value is -1.21. The molecule has 2 aliphatic rings. The predicted molar refractivity (Wildman–Crippen MR) is 74.6 cm³/mol. The van der Waals surface area contributed by atoms with Crippen molar-refractivity contribution in [3.8, 4) is 0 Å². The molecule has 2 saturated heterocycles. The summed E-state index contributed by atoms with van der Waals surface area (Å²) in [6.07, 6.45) is 0. The Kier molecular flexibility index (Phi) is 3.40. The monoisotopic (exact) mass is 281 g/mol. The van der Waals surface area contributed by atoms with Crippen LogP contribution in [0, 0.1) is 0 Å². The number of nitrogens with one attached hydrogen (secondary N) is 1. The minimum absolute atomic E-state index is 0.141. The molecule has 6 nitrogen and oxygen atoms in total. The number of carbonyl (C=O) groups is 1. The fourth-order valence-corrected chi connectivity index (χ4v) is 3.23. The standard InChI is InChI=1S/C12H19N5OS/c1-8(2)11-14-12(19-15-11)17-5-9(6-17)16-4-3-13-10(18)7-16/h8-9H,3-7H2,1-2H3,(H,13,18). The summed E-state index contributed by atoms with van der Waals surface area (Å²) in [5.41, 5.74) is 0. The first-order chi connectivity index (χ1) is 9.13. The van der Waals surface area contributed by atoms with Gasteiger partial charge in [0, 0.05) is 49.7 Å². The SMILES string of the molecule is CC(C)c1nsc(N2CC(N3CCNC(=O)C3)C2)n1. The second-order valence-electron chi connectivity index (χ2n) is 5.47. The number of anilines is 1. The molecule has 0 bridgehead atoms. The van der Waals surface area contributed by atoms with Gasteiger partial charge in [-0.05, 0) is 0 Å². The van der Waals surface area contributed by atoms with Crippen molar-refractivity contribution in [2.75, 3.05) is 37.6 Å². The molecular formula is C12H19N5OS. The van der Waals surface area contributed by atoms with Crippen LogP contribution in [0.2, 0.25) is 0 Å². The lowest BCUT2D eigenvalue weighted by molar-refractivity contribution is -0.125. The molecule has 104 valence electrons. The molecule has 1 aromatic heterocycles. The molecule has 7 heteroatoms. The van der Waals surface area contributed by atoms with Crippen LogP contribution in [-0.2, 0) is 4.79 Å². The number of carbonyl (C=O) groups excluding carboxylic acids is 1. The van der Waals surface area contributed by atoms with Gasteiger partial charge in [0.1, 0.15) is 5.82 Å². The maximum absolute atomic E-state index is 11.4. The van der Waals surface area contributed by atoms with Crippen molar-refractivity contribution < 1.29 is 4.79 Å². The fourth-order valence-electron chi connectivity index (χ4n) is 2.40. The molecule has 1 aromatic rings. The van der Waals surface area contributed by atoms with E-state index in [0.29, 0.717) is 18.5 Å². The van der Waals surface area contributed by atoms with E-state index in [1.54, 1.807) is 0 Å². The molecule has 0 unspecified atom stereocenters. The number of hydrogen-bond donors (Lipinski definition) is 1. The highest BCUT2D eigenvalue weighted by atomic mass is 32.1. The lowest BCUT2D eigenvalue weighted by atomic mass is 10.1. The Morgan fingerprint density at radius 2 is 2.21 bits per heavy atom. The predicted octanol–water partition coefficient (Wildman–Crippen LogP) is 0.282. The topological polar surface area (TPSA) is 61.4 Å². The smallest absolute Gasteiger partial charge is 0.234 e. The van der Waals surface area contributed by atoms with Gasteiger partial charge in [0.2, 0.25) is 11.0 Å². The quantitative estimate of drug-likeness (QED) is 0.862. The normalized spacial score (nSPS) is 21.6. The van der Waals surface area contributed by atoms with Crippen LogP contribution >= 0.6 is 11.5 Å². The average molecular weight is 281 g/mol. The highest BCUT2D eigenvalue weighted by Crippen LogP contribution is 2.27. The lowest BCUT2D eigenvalue weighted by Gasteiger charge is -2.46. The molecule has 2 fully saturated rings. The number of hydrogen-bond acceptors (Lipinski definition) is 6. The highest BCUT2D eigenvalue weighted by Gasteiger charge is 2.35. The first-order valence-electron chi connectivity index (χ1n) is 6.73. The van der Waals surface area contributed by atoms with Crippen molar-refractivity contribution in [2.24, 2.45) is 0 Å². The molecule has 0 aromatic carbocycles. The third-order valence-corrected chi connectivity index (χ3v) is 4.46. The minimum Gasteiger partial charge on any atom is -0.354 e. The Bertz CT molecular complexity index is 468. The first-order valence-corrected chi connectivity index (χ1v) is 7.50. The summed E-state index contributed by atoms with van der Waals surface area (Å²) in [4.78, 5) is 20.4. The summed E-state index contributed by atoms with van der Waals surface area (Å²) in [5.74, 6) is 1.45. The van der Waals surface area contributed by atoms with Gasteiger partial charge < -0.3 is 10.2 Å². The maximum atomic E-state index is 11.4. The summed E-state index contributed by atoms with van der Waals surface area (Å²) in [7, 11) is 0. The molecule has 3 heterocycles. The van der Waals surface area contributed by atoms with E-state index in [0.717, 1.165) is 37.1 Å². The van der Waals surface area contributed by atoms with Crippen molar-refractivity contribution in [3.63, 3.8) is 0 Å². The Morgan fingerprint density at radius 3 is 2.84 bits per heavy atom. The summed E-state index contributed by atoms with van der Waals surface area (Å²) < 4.78 is 4.38. The van der Waals surface area contributed by atoms with E-state index in [1.807, 2.05) is 0 Å². The molecule has 0 radical (unpaired) electrons. The van der Waals surface area contributed by atoms with Crippen LogP contribution in [0.5, 0.6) is 0 Å². The van der Waals surface area contributed by atoms with Gasteiger partial charge in [0.25, 0.3) is 0 Å². The summed E-state index contributed by atoms with van der Waals surface area (Å²) in [6.45, 7) is 8.39. The summed E-state index contributed by atoms with van der Waals surface area (Å²) >= 11 is 1.48. The Labute approximate surface area is 117 Å². The second kappa shape index (κ2) is 5.05. The van der Waals surface area contributed by atoms with Crippen LogP contribution in [0.1, 0.15) is 25.6 Å². The minimum atomic E-state index is 0.141. The molecule has 0 saturated carbocycles. The van der Waals surface area contributed by atoms with Crippen molar-refractivity contribution in [1.82, 2.24) is 19.6 Å². The summed E-state index contributed by atoms with van der Waals surface area (Å²) in [6, 6.07) is 0.484. The third-order valence-electron chi connectivity index (χ3n) is 3.66. The van der Waals surface area contributed by atoms with Gasteiger partial charge in [-0.3, -0.25) is 9.69 Å². The van der Waals surface area contributed by atoms with Gasteiger partial charge in [-0.25, -0.2) is 4.98 Å². The molecule has 19 heavy (non-hydrogen) atoms. The van der Waals surface area contributed by atoms with E-state index >= 15 is 0 Å². The van der Waals surface area contributed by atoms with Crippen molar-refractivity contribution >= 4 is 22.6 Å². The van der Waals surface area contributed by atoms with Crippen LogP contribution < -0.4 is 10.2 Å². The van der Waals surface area contributed by atoms with E-state index in [2.05, 4.69) is 38.3 Å². The molecule has 0 spiro atoms. The fraction of sp³-hybridized carbons (Fsp3) is 0.750. The van der Waals surface area contributed by atoms with Gasteiger partial charge in [-0.1, -0.05) is 13.8 Å². The molecule has 1 amide bonds. The Morgan fingerprint density at radius 1 is 1.42 bits per heavy atom. The number of rotatable bonds is 3. The zero-order valence-electron chi connectivity index (χ0n) is 11.3. The summed E-state index contributed by atoms with van der Waals surface area (Å²) in [5, 5.41) is 3.87. The van der Waals surface area contributed by atoms with Crippen LogP contribution in [0.15, 0.2) is 0 Å². The zero-order valence-corrected chi connectivity index (χ0v) is 12.1. The van der Waals surface area contributed by atoms with E-state index in [1.165, 1.54) is 11.5 Å². The van der Waals surface area contributed by atoms with Gasteiger partial charge in [-0.15, -0.1) is 0 Å². The van der Waals surface area contributed by atoms with Crippen LogP contribution in [-0.4, -0.2) is 58.9 Å². The van der Waals surface area contributed by atoms with Crippen LogP contribution in [0.3, 0.4) is 0 Å². The van der Waals surface area contributed by atoms with E-state index in [-0.39, 0.29) is 5.91 Å². The zero-order chi connectivity index (χ0) is 13.4. The Balaban J connectivity index is 1.55. The first kappa shape index (κ1) is 12.8. The third kappa shape index (κ3) is 2.57. The number of amides is 1. The van der Waals surface area contributed by atoms with Crippen molar-refractivity contribution in [1.29, 1.82) is 0 Å². The second-order valence-corrected chi connectivity index (χ2v) is 6.20. The van der Waals surface area contributed by atoms with Crippen molar-refractivity contribution in [2.45, 2.75) is 25.8 Å². The van der Waals surface area contributed by atoms with Crippen molar-refractivity contribution in [3.05, 3.63) is 5.82 Å². The van der Waals surface area contributed by atoms with Crippen LogP contribution in [0.25, 0.3) is 0 Å². The lowest BCUT2D eigenvalue weighted by Crippen LogP contribution is -2.63. The van der Waals surface area contributed by atoms with E-state index in [9.17, 15) is 4.79 Å². The van der Waals surface area contributed by atoms with Gasteiger partial charge in [0.15, 0.2) is 0 Å². The average Bonchev–Trinajstić information content (AvgIpc) is 2.76. The maximum Gasteiger partial charge on any atom is 0.234 e. The van der Waals surface area contributed by atoms with Gasteiger partial charge >= 0.3 is 0 Å².